The van der Waals surface area contributed by atoms with Crippen molar-refractivity contribution in [1.82, 2.24) is 4.98 Å². The third kappa shape index (κ3) is 1.99. The van der Waals surface area contributed by atoms with Gasteiger partial charge in [-0.3, -0.25) is 0 Å². The van der Waals surface area contributed by atoms with Crippen LogP contribution < -0.4 is 0 Å². The number of fused-ring (bicyclic) bond motifs is 1. The van der Waals surface area contributed by atoms with Crippen molar-refractivity contribution in [2.45, 2.75) is 45.6 Å². The molecule has 1 fully saturated rings. The molecule has 1 saturated carbocycles. The molecule has 1 aliphatic rings. The summed E-state index contributed by atoms with van der Waals surface area (Å²) in [7, 11) is 0. The zero-order valence-electron chi connectivity index (χ0n) is 12.0. The van der Waals surface area contributed by atoms with E-state index in [1.807, 2.05) is 12.3 Å². The van der Waals surface area contributed by atoms with Gasteiger partial charge in [0.15, 0.2) is 0 Å². The molecule has 2 N–H and O–H groups in total. The topological polar surface area (TPSA) is 36.0 Å². The molecule has 0 saturated heterocycles. The molecule has 0 spiro atoms. The van der Waals surface area contributed by atoms with Crippen molar-refractivity contribution in [3.8, 4) is 0 Å². The van der Waals surface area contributed by atoms with E-state index in [9.17, 15) is 5.11 Å². The Bertz CT molecular complexity index is 598. The molecule has 2 atom stereocenters. The summed E-state index contributed by atoms with van der Waals surface area (Å²) >= 11 is 0. The third-order valence-corrected chi connectivity index (χ3v) is 4.92. The van der Waals surface area contributed by atoms with E-state index in [2.05, 4.69) is 44.0 Å². The van der Waals surface area contributed by atoms with Gasteiger partial charge in [-0.1, -0.05) is 32.9 Å². The first-order chi connectivity index (χ1) is 8.92. The van der Waals surface area contributed by atoms with Crippen LogP contribution in [-0.4, -0.2) is 10.1 Å². The molecule has 2 aromatic rings. The number of hydrogen-bond donors (Lipinski definition) is 2. The molecule has 1 heterocycles. The van der Waals surface area contributed by atoms with Gasteiger partial charge in [-0.2, -0.15) is 0 Å². The zero-order chi connectivity index (χ0) is 13.7. The van der Waals surface area contributed by atoms with Gasteiger partial charge in [0.1, 0.15) is 0 Å². The van der Waals surface area contributed by atoms with E-state index in [1.54, 1.807) is 0 Å². The minimum absolute atomic E-state index is 0.289. The molecular weight excluding hydrogens is 234 g/mol. The first-order valence-electron chi connectivity index (χ1n) is 7.21. The van der Waals surface area contributed by atoms with Crippen LogP contribution in [0.4, 0.5) is 0 Å². The lowest BCUT2D eigenvalue weighted by Crippen LogP contribution is -2.41. The van der Waals surface area contributed by atoms with E-state index in [0.717, 1.165) is 35.7 Å². The predicted octanol–water partition coefficient (Wildman–Crippen LogP) is 4.20. The van der Waals surface area contributed by atoms with Gasteiger partial charge < -0.3 is 10.1 Å². The van der Waals surface area contributed by atoms with Crippen molar-refractivity contribution in [3.63, 3.8) is 0 Å². The first-order valence-corrected chi connectivity index (χ1v) is 7.21. The van der Waals surface area contributed by atoms with Crippen LogP contribution in [0.25, 0.3) is 10.9 Å². The summed E-state index contributed by atoms with van der Waals surface area (Å²) in [5.74, 6) is 0.289. The average molecular weight is 257 g/mol. The molecular formula is C17H23NO. The zero-order valence-corrected chi connectivity index (χ0v) is 12.0. The van der Waals surface area contributed by atoms with Gasteiger partial charge in [0.25, 0.3) is 0 Å². The fourth-order valence-electron chi connectivity index (χ4n) is 3.74. The lowest BCUT2D eigenvalue weighted by atomic mass is 9.63. The van der Waals surface area contributed by atoms with Crippen LogP contribution in [0.1, 0.15) is 45.6 Å². The Morgan fingerprint density at radius 2 is 2.00 bits per heavy atom. The molecule has 0 amide bonds. The van der Waals surface area contributed by atoms with Crippen LogP contribution in [0.5, 0.6) is 0 Å². The Morgan fingerprint density at radius 1 is 1.21 bits per heavy atom. The van der Waals surface area contributed by atoms with Crippen LogP contribution in [0, 0.1) is 11.3 Å². The number of nitrogens with one attached hydrogen (secondary N) is 1. The molecule has 1 aromatic carbocycles. The number of aromatic amines is 1. The predicted molar refractivity (Wildman–Crippen MR) is 79.0 cm³/mol. The monoisotopic (exact) mass is 257 g/mol. The molecule has 0 radical (unpaired) electrons. The number of hydrogen-bond acceptors (Lipinski definition) is 1. The molecule has 2 unspecified atom stereocenters. The van der Waals surface area contributed by atoms with Crippen molar-refractivity contribution in [2.75, 3.05) is 0 Å². The molecule has 19 heavy (non-hydrogen) atoms. The van der Waals surface area contributed by atoms with Gasteiger partial charge in [0.05, 0.1) is 5.60 Å². The quantitative estimate of drug-likeness (QED) is 0.789. The summed E-state index contributed by atoms with van der Waals surface area (Å²) in [6.07, 6.45) is 4.96. The van der Waals surface area contributed by atoms with Crippen LogP contribution in [-0.2, 0) is 5.60 Å². The van der Waals surface area contributed by atoms with Gasteiger partial charge in [-0.05, 0) is 48.3 Å². The number of benzene rings is 1. The third-order valence-electron chi connectivity index (χ3n) is 4.92. The van der Waals surface area contributed by atoms with Gasteiger partial charge in [-0.15, -0.1) is 0 Å². The summed E-state index contributed by atoms with van der Waals surface area (Å²) < 4.78 is 0. The normalized spacial score (nSPS) is 30.6. The minimum atomic E-state index is -0.683. The second kappa shape index (κ2) is 4.11. The Balaban J connectivity index is 2.08. The summed E-state index contributed by atoms with van der Waals surface area (Å²) in [6.45, 7) is 6.80. The van der Waals surface area contributed by atoms with Crippen LogP contribution in [0.3, 0.4) is 0 Å². The molecule has 1 aliphatic carbocycles. The highest BCUT2D eigenvalue weighted by Gasteiger charge is 2.44. The second-order valence-electron chi connectivity index (χ2n) is 6.94. The van der Waals surface area contributed by atoms with Gasteiger partial charge in [0.2, 0.25) is 0 Å². The minimum Gasteiger partial charge on any atom is -0.385 e. The SMILES string of the molecule is CC1CC(C)(C)CCC1(O)c1cccc2[nH]ccc12. The smallest absolute Gasteiger partial charge is 0.0928 e. The molecule has 1 aromatic heterocycles. The van der Waals surface area contributed by atoms with Gasteiger partial charge in [0, 0.05) is 17.1 Å². The highest BCUT2D eigenvalue weighted by molar-refractivity contribution is 5.83. The number of aliphatic hydroxyl groups is 1. The number of H-pyrrole nitrogens is 1. The van der Waals surface area contributed by atoms with E-state index in [4.69, 9.17) is 0 Å². The van der Waals surface area contributed by atoms with Gasteiger partial charge in [-0.25, -0.2) is 0 Å². The van der Waals surface area contributed by atoms with Crippen LogP contribution in [0.15, 0.2) is 30.5 Å². The maximum Gasteiger partial charge on any atom is 0.0928 e. The Morgan fingerprint density at radius 3 is 2.74 bits per heavy atom. The van der Waals surface area contributed by atoms with Crippen molar-refractivity contribution in [2.24, 2.45) is 11.3 Å². The number of rotatable bonds is 1. The maximum atomic E-state index is 11.2. The van der Waals surface area contributed by atoms with Crippen LogP contribution >= 0.6 is 0 Å². The lowest BCUT2D eigenvalue weighted by Gasteiger charge is -2.45. The molecule has 2 heteroatoms. The van der Waals surface area contributed by atoms with E-state index in [0.29, 0.717) is 5.41 Å². The van der Waals surface area contributed by atoms with E-state index in [-0.39, 0.29) is 5.92 Å². The molecule has 0 bridgehead atoms. The molecule has 2 nitrogen and oxygen atoms in total. The van der Waals surface area contributed by atoms with Crippen molar-refractivity contribution >= 4 is 10.9 Å². The first kappa shape index (κ1) is 12.7. The van der Waals surface area contributed by atoms with Crippen LogP contribution in [0.2, 0.25) is 0 Å². The summed E-state index contributed by atoms with van der Waals surface area (Å²) in [5, 5.41) is 12.4. The highest BCUT2D eigenvalue weighted by Crippen LogP contribution is 2.49. The van der Waals surface area contributed by atoms with Gasteiger partial charge >= 0.3 is 0 Å². The standard InChI is InChI=1S/C17H23NO/c1-12-11-16(2,3)8-9-17(12,19)14-5-4-6-15-13(14)7-10-18-15/h4-7,10,12,18-19H,8-9,11H2,1-3H3. The van der Waals surface area contributed by atoms with Crippen molar-refractivity contribution in [3.05, 3.63) is 36.0 Å². The maximum absolute atomic E-state index is 11.2. The average Bonchev–Trinajstić information content (AvgIpc) is 2.82. The van der Waals surface area contributed by atoms with Crippen molar-refractivity contribution < 1.29 is 5.11 Å². The summed E-state index contributed by atoms with van der Waals surface area (Å²) in [5.41, 5.74) is 1.87. The summed E-state index contributed by atoms with van der Waals surface area (Å²) in [4.78, 5) is 3.24. The van der Waals surface area contributed by atoms with Crippen molar-refractivity contribution in [1.29, 1.82) is 0 Å². The molecule has 102 valence electrons. The van der Waals surface area contributed by atoms with E-state index < -0.39 is 5.60 Å². The molecule has 3 rings (SSSR count). The summed E-state index contributed by atoms with van der Waals surface area (Å²) in [6, 6.07) is 8.28. The fourth-order valence-corrected chi connectivity index (χ4v) is 3.74. The largest absolute Gasteiger partial charge is 0.385 e. The van der Waals surface area contributed by atoms with E-state index >= 15 is 0 Å². The Hall–Kier alpha value is -1.28. The highest BCUT2D eigenvalue weighted by atomic mass is 16.3. The fraction of sp³-hybridized carbons (Fsp3) is 0.529. The molecule has 0 aliphatic heterocycles. The second-order valence-corrected chi connectivity index (χ2v) is 6.94. The Kier molecular flexibility index (Phi) is 2.75. The number of aromatic nitrogens is 1. The van der Waals surface area contributed by atoms with E-state index in [1.165, 1.54) is 0 Å². The lowest BCUT2D eigenvalue weighted by molar-refractivity contribution is -0.0758. The Labute approximate surface area is 114 Å².